The zero-order chi connectivity index (χ0) is 12.4. The van der Waals surface area contributed by atoms with Crippen LogP contribution in [0.5, 0.6) is 0 Å². The van der Waals surface area contributed by atoms with Crippen LogP contribution >= 0.6 is 24.0 Å². The van der Waals surface area contributed by atoms with Gasteiger partial charge in [-0.3, -0.25) is 4.99 Å². The number of hydrogen-bond donors (Lipinski definition) is 1. The molecule has 0 radical (unpaired) electrons. The fourth-order valence-electron chi connectivity index (χ4n) is 3.78. The maximum absolute atomic E-state index is 4.47. The summed E-state index contributed by atoms with van der Waals surface area (Å²) in [6, 6.07) is 0. The molecule has 2 saturated carbocycles. The van der Waals surface area contributed by atoms with Gasteiger partial charge in [-0.25, -0.2) is 0 Å². The van der Waals surface area contributed by atoms with Crippen LogP contribution in [0, 0.1) is 11.3 Å². The van der Waals surface area contributed by atoms with E-state index in [0.29, 0.717) is 5.41 Å². The molecule has 1 heterocycles. The second-order valence-corrected chi connectivity index (χ2v) is 6.58. The maximum atomic E-state index is 4.47. The molecule has 3 rings (SSSR count). The molecule has 4 heteroatoms. The van der Waals surface area contributed by atoms with Crippen LogP contribution in [-0.2, 0) is 0 Å². The van der Waals surface area contributed by atoms with Crippen molar-refractivity contribution in [1.29, 1.82) is 0 Å². The molecule has 0 aromatic carbocycles. The van der Waals surface area contributed by atoms with Crippen LogP contribution in [0.1, 0.15) is 51.4 Å². The summed E-state index contributed by atoms with van der Waals surface area (Å²) >= 11 is 0. The van der Waals surface area contributed by atoms with E-state index in [4.69, 9.17) is 0 Å². The molecule has 1 N–H and O–H groups in total. The molecule has 110 valence electrons. The summed E-state index contributed by atoms with van der Waals surface area (Å²) in [6.45, 7) is 3.57. The van der Waals surface area contributed by atoms with Crippen molar-refractivity contribution < 1.29 is 0 Å². The predicted octanol–water partition coefficient (Wildman–Crippen LogP) is 3.25. The first-order chi connectivity index (χ1) is 8.81. The van der Waals surface area contributed by atoms with Gasteiger partial charge in [0.25, 0.3) is 0 Å². The molecule has 2 aliphatic carbocycles. The van der Waals surface area contributed by atoms with Crippen molar-refractivity contribution in [2.24, 2.45) is 16.3 Å². The molecule has 1 aliphatic heterocycles. The van der Waals surface area contributed by atoms with Crippen molar-refractivity contribution in [2.45, 2.75) is 51.4 Å². The molecule has 0 atom stereocenters. The van der Waals surface area contributed by atoms with Crippen molar-refractivity contribution in [3.63, 3.8) is 0 Å². The lowest BCUT2D eigenvalue weighted by Crippen LogP contribution is -2.41. The third-order valence-corrected chi connectivity index (χ3v) is 5.15. The van der Waals surface area contributed by atoms with Crippen molar-refractivity contribution in [3.8, 4) is 0 Å². The van der Waals surface area contributed by atoms with Gasteiger partial charge in [0.05, 0.1) is 0 Å². The highest BCUT2D eigenvalue weighted by atomic mass is 127. The van der Waals surface area contributed by atoms with Crippen LogP contribution in [0.15, 0.2) is 4.99 Å². The zero-order valence-corrected chi connectivity index (χ0v) is 14.5. The van der Waals surface area contributed by atoms with E-state index in [1.165, 1.54) is 64.5 Å². The van der Waals surface area contributed by atoms with Crippen LogP contribution in [-0.4, -0.2) is 37.5 Å². The molecule has 3 fully saturated rings. The van der Waals surface area contributed by atoms with E-state index in [1.54, 1.807) is 0 Å². The fraction of sp³-hybridized carbons (Fsp3) is 0.933. The second-order valence-electron chi connectivity index (χ2n) is 6.58. The van der Waals surface area contributed by atoms with Crippen LogP contribution in [0.3, 0.4) is 0 Å². The average molecular weight is 377 g/mol. The first-order valence-corrected chi connectivity index (χ1v) is 7.77. The minimum atomic E-state index is 0. The Morgan fingerprint density at radius 2 is 2.00 bits per heavy atom. The van der Waals surface area contributed by atoms with E-state index in [1.807, 2.05) is 7.05 Å². The summed E-state index contributed by atoms with van der Waals surface area (Å²) in [5.74, 6) is 2.16. The zero-order valence-electron chi connectivity index (χ0n) is 12.2. The number of guanidine groups is 1. The van der Waals surface area contributed by atoms with E-state index < -0.39 is 0 Å². The lowest BCUT2D eigenvalue weighted by molar-refractivity contribution is 0.309. The molecule has 19 heavy (non-hydrogen) atoms. The molecule has 3 nitrogen and oxygen atoms in total. The summed E-state index contributed by atoms with van der Waals surface area (Å²) < 4.78 is 0. The molecule has 3 aliphatic rings. The van der Waals surface area contributed by atoms with Gasteiger partial charge in [-0.2, -0.15) is 0 Å². The van der Waals surface area contributed by atoms with Crippen molar-refractivity contribution in [3.05, 3.63) is 0 Å². The SMILES string of the molecule is CN=C(NCCC1CC1)N1CCC2(CCCC2)C1.I. The van der Waals surface area contributed by atoms with Gasteiger partial charge in [-0.1, -0.05) is 25.7 Å². The number of rotatable bonds is 3. The quantitative estimate of drug-likeness (QED) is 0.465. The number of nitrogens with zero attached hydrogens (tertiary/aromatic N) is 2. The Balaban J connectivity index is 0.00000133. The Morgan fingerprint density at radius 1 is 1.26 bits per heavy atom. The minimum absolute atomic E-state index is 0. The third kappa shape index (κ3) is 3.76. The number of hydrogen-bond acceptors (Lipinski definition) is 1. The van der Waals surface area contributed by atoms with E-state index in [-0.39, 0.29) is 24.0 Å². The highest BCUT2D eigenvalue weighted by Gasteiger charge is 2.41. The van der Waals surface area contributed by atoms with E-state index in [0.717, 1.165) is 18.4 Å². The standard InChI is InChI=1S/C15H27N3.HI/c1-16-14(17-10-6-13-4-5-13)18-11-9-15(12-18)7-2-3-8-15;/h13H,2-12H2,1H3,(H,16,17);1H. The molecule has 0 aromatic rings. The summed E-state index contributed by atoms with van der Waals surface area (Å²) in [4.78, 5) is 6.97. The van der Waals surface area contributed by atoms with Crippen LogP contribution in [0.25, 0.3) is 0 Å². The summed E-state index contributed by atoms with van der Waals surface area (Å²) in [5, 5.41) is 3.56. The summed E-state index contributed by atoms with van der Waals surface area (Å²) in [6.07, 6.45) is 11.4. The number of nitrogens with one attached hydrogen (secondary N) is 1. The van der Waals surface area contributed by atoms with Crippen LogP contribution in [0.4, 0.5) is 0 Å². The Bertz CT molecular complexity index is 319. The molecule has 0 unspecified atom stereocenters. The average Bonchev–Trinajstić information content (AvgIpc) is 2.95. The predicted molar refractivity (Wildman–Crippen MR) is 91.2 cm³/mol. The highest BCUT2D eigenvalue weighted by Crippen LogP contribution is 2.45. The fourth-order valence-corrected chi connectivity index (χ4v) is 3.78. The number of likely N-dealkylation sites (tertiary alicyclic amines) is 1. The normalized spacial score (nSPS) is 25.7. The molecular weight excluding hydrogens is 349 g/mol. The molecule has 0 aromatic heterocycles. The third-order valence-electron chi connectivity index (χ3n) is 5.15. The first-order valence-electron chi connectivity index (χ1n) is 7.77. The van der Waals surface area contributed by atoms with Gasteiger partial charge in [0.1, 0.15) is 0 Å². The van der Waals surface area contributed by atoms with Gasteiger partial charge in [0, 0.05) is 26.7 Å². The highest BCUT2D eigenvalue weighted by molar-refractivity contribution is 14.0. The number of halogens is 1. The summed E-state index contributed by atoms with van der Waals surface area (Å²) in [5.41, 5.74) is 0.647. The molecule has 1 saturated heterocycles. The van der Waals surface area contributed by atoms with Crippen molar-refractivity contribution >= 4 is 29.9 Å². The monoisotopic (exact) mass is 377 g/mol. The van der Waals surface area contributed by atoms with Crippen LogP contribution in [0.2, 0.25) is 0 Å². The van der Waals surface area contributed by atoms with Crippen molar-refractivity contribution in [2.75, 3.05) is 26.7 Å². The molecule has 0 amide bonds. The Hall–Kier alpha value is 0. The topological polar surface area (TPSA) is 27.6 Å². The van der Waals surface area contributed by atoms with E-state index in [2.05, 4.69) is 15.2 Å². The Labute approximate surface area is 134 Å². The lowest BCUT2D eigenvalue weighted by Gasteiger charge is -2.25. The van der Waals surface area contributed by atoms with Crippen LogP contribution < -0.4 is 5.32 Å². The van der Waals surface area contributed by atoms with Gasteiger partial charge >= 0.3 is 0 Å². The number of aliphatic imine (C=N–C) groups is 1. The Morgan fingerprint density at radius 3 is 2.63 bits per heavy atom. The van der Waals surface area contributed by atoms with Gasteiger partial charge in [-0.05, 0) is 37.0 Å². The maximum Gasteiger partial charge on any atom is 0.193 e. The van der Waals surface area contributed by atoms with Gasteiger partial charge in [-0.15, -0.1) is 24.0 Å². The summed E-state index contributed by atoms with van der Waals surface area (Å²) in [7, 11) is 1.93. The second kappa shape index (κ2) is 6.64. The largest absolute Gasteiger partial charge is 0.356 e. The van der Waals surface area contributed by atoms with Gasteiger partial charge in [0.15, 0.2) is 5.96 Å². The minimum Gasteiger partial charge on any atom is -0.356 e. The smallest absolute Gasteiger partial charge is 0.193 e. The van der Waals surface area contributed by atoms with E-state index in [9.17, 15) is 0 Å². The van der Waals surface area contributed by atoms with Crippen molar-refractivity contribution in [1.82, 2.24) is 10.2 Å². The van der Waals surface area contributed by atoms with E-state index >= 15 is 0 Å². The first kappa shape index (κ1) is 15.4. The van der Waals surface area contributed by atoms with Gasteiger partial charge < -0.3 is 10.2 Å². The van der Waals surface area contributed by atoms with Gasteiger partial charge in [0.2, 0.25) is 0 Å². The lowest BCUT2D eigenvalue weighted by atomic mass is 9.86. The molecule has 0 bridgehead atoms. The Kier molecular flexibility index (Phi) is 5.37. The molecule has 1 spiro atoms. The molecular formula is C15H28IN3.